The van der Waals surface area contributed by atoms with Crippen molar-refractivity contribution >= 4 is 56.2 Å². The van der Waals surface area contributed by atoms with E-state index in [2.05, 4.69) is 5.32 Å². The Morgan fingerprint density at radius 1 is 1.08 bits per heavy atom. The maximum atomic E-state index is 13.1. The van der Waals surface area contributed by atoms with Crippen molar-refractivity contribution < 1.29 is 27.5 Å². The smallest absolute Gasteiger partial charge is 0.271 e. The van der Waals surface area contributed by atoms with Crippen molar-refractivity contribution in [1.82, 2.24) is 0 Å². The first-order valence-electron chi connectivity index (χ1n) is 10.8. The fourth-order valence-electron chi connectivity index (χ4n) is 3.39. The number of ether oxygens (including phenoxy) is 2. The second kappa shape index (κ2) is 10.9. The number of nitrogens with one attached hydrogen (secondary N) is 2. The van der Waals surface area contributed by atoms with Crippen molar-refractivity contribution in [1.29, 1.82) is 5.41 Å². The average Bonchev–Trinajstić information content (AvgIpc) is 3.15. The molecule has 3 aromatic carbocycles. The minimum atomic E-state index is -3.83. The van der Waals surface area contributed by atoms with Gasteiger partial charge in [-0.2, -0.15) is 0 Å². The molecule has 37 heavy (non-hydrogen) atoms. The van der Waals surface area contributed by atoms with E-state index in [9.17, 15) is 18.0 Å². The average molecular weight is 539 g/mol. The summed E-state index contributed by atoms with van der Waals surface area (Å²) in [6.45, 7) is -0.327. The zero-order valence-corrected chi connectivity index (χ0v) is 21.1. The summed E-state index contributed by atoms with van der Waals surface area (Å²) in [6, 6.07) is 19.1. The molecular formula is C25H22N4O6S2. The number of para-hydroxylation sites is 1. The summed E-state index contributed by atoms with van der Waals surface area (Å²) in [5.41, 5.74) is 1.49. The van der Waals surface area contributed by atoms with E-state index in [-0.39, 0.29) is 22.6 Å². The lowest BCUT2D eigenvalue weighted by Gasteiger charge is -2.14. The molecule has 0 aromatic heterocycles. The molecule has 0 unspecified atom stereocenters. The maximum absolute atomic E-state index is 13.1. The molecule has 0 bridgehead atoms. The molecule has 0 spiro atoms. The van der Waals surface area contributed by atoms with E-state index in [0.717, 1.165) is 11.8 Å². The number of hydrogen-bond acceptors (Lipinski definition) is 8. The van der Waals surface area contributed by atoms with Gasteiger partial charge < -0.3 is 14.8 Å². The van der Waals surface area contributed by atoms with Gasteiger partial charge in [0.1, 0.15) is 11.5 Å². The molecule has 1 saturated heterocycles. The molecule has 1 fully saturated rings. The van der Waals surface area contributed by atoms with Crippen LogP contribution in [0.5, 0.6) is 11.5 Å². The number of nitrogens with two attached hydrogens (primary N) is 1. The van der Waals surface area contributed by atoms with Crippen LogP contribution >= 0.6 is 11.8 Å². The molecule has 10 nitrogen and oxygen atoms in total. The minimum absolute atomic E-state index is 0.0626. The first-order valence-corrected chi connectivity index (χ1v) is 13.1. The van der Waals surface area contributed by atoms with E-state index in [1.54, 1.807) is 61.7 Å². The van der Waals surface area contributed by atoms with Gasteiger partial charge in [0.2, 0.25) is 10.0 Å². The third kappa shape index (κ3) is 6.17. The highest BCUT2D eigenvalue weighted by molar-refractivity contribution is 8.19. The van der Waals surface area contributed by atoms with Crippen LogP contribution in [0.15, 0.2) is 82.6 Å². The molecule has 0 aliphatic carbocycles. The first-order chi connectivity index (χ1) is 17.7. The van der Waals surface area contributed by atoms with Gasteiger partial charge in [-0.25, -0.2) is 13.6 Å². The summed E-state index contributed by atoms with van der Waals surface area (Å²) in [5.74, 6) is 0.193. The van der Waals surface area contributed by atoms with Gasteiger partial charge in [0.05, 0.1) is 22.6 Å². The predicted molar refractivity (Wildman–Crippen MR) is 142 cm³/mol. The fourth-order valence-corrected chi connectivity index (χ4v) is 4.76. The van der Waals surface area contributed by atoms with Gasteiger partial charge in [0.25, 0.3) is 11.8 Å². The standard InChI is InChI=1S/C25H22N4O6S2/c1-34-19-10-8-18(9-11-19)29-24(31)22(36-25(29)26)14-16-4-2-3-5-21(16)35-15-23(30)28-17-6-12-20(13-7-17)37(27,32)33/h2-14,26H,15H2,1H3,(H,28,30)(H2,27,32,33)/b22-14-,26-25?. The monoisotopic (exact) mass is 538 g/mol. The zero-order chi connectivity index (χ0) is 26.6. The number of methoxy groups -OCH3 is 1. The van der Waals surface area contributed by atoms with Gasteiger partial charge >= 0.3 is 0 Å². The molecule has 0 radical (unpaired) electrons. The van der Waals surface area contributed by atoms with Crippen LogP contribution in [-0.4, -0.2) is 39.1 Å². The molecule has 0 saturated carbocycles. The summed E-state index contributed by atoms with van der Waals surface area (Å²) in [6.07, 6.45) is 1.62. The molecule has 1 aliphatic rings. The Balaban J connectivity index is 1.44. The first kappa shape index (κ1) is 25.9. The Labute approximate surface area is 217 Å². The number of anilines is 2. The van der Waals surface area contributed by atoms with Crippen LogP contribution in [0.3, 0.4) is 0 Å². The Morgan fingerprint density at radius 2 is 1.76 bits per heavy atom. The van der Waals surface area contributed by atoms with Crippen molar-refractivity contribution in [3.8, 4) is 11.5 Å². The second-order valence-electron chi connectivity index (χ2n) is 7.70. The molecule has 4 N–H and O–H groups in total. The second-order valence-corrected chi connectivity index (χ2v) is 10.3. The van der Waals surface area contributed by atoms with Crippen LogP contribution in [0.2, 0.25) is 0 Å². The summed E-state index contributed by atoms with van der Waals surface area (Å²) >= 11 is 1.02. The minimum Gasteiger partial charge on any atom is -0.497 e. The third-order valence-corrected chi connectivity index (χ3v) is 7.00. The van der Waals surface area contributed by atoms with E-state index in [0.29, 0.717) is 33.3 Å². The van der Waals surface area contributed by atoms with Crippen LogP contribution in [-0.2, 0) is 19.6 Å². The lowest BCUT2D eigenvalue weighted by molar-refractivity contribution is -0.118. The molecule has 1 aliphatic heterocycles. The van der Waals surface area contributed by atoms with E-state index in [1.165, 1.54) is 29.2 Å². The predicted octanol–water partition coefficient (Wildman–Crippen LogP) is 3.42. The highest BCUT2D eigenvalue weighted by Gasteiger charge is 2.33. The quantitative estimate of drug-likeness (QED) is 0.372. The molecule has 1 heterocycles. The zero-order valence-electron chi connectivity index (χ0n) is 19.5. The van der Waals surface area contributed by atoms with Crippen molar-refractivity contribution in [3.05, 3.63) is 83.3 Å². The van der Waals surface area contributed by atoms with Gasteiger partial charge in [-0.15, -0.1) is 0 Å². The van der Waals surface area contributed by atoms with E-state index in [4.69, 9.17) is 20.0 Å². The van der Waals surface area contributed by atoms with Crippen LogP contribution < -0.4 is 24.8 Å². The molecular weight excluding hydrogens is 516 g/mol. The maximum Gasteiger partial charge on any atom is 0.271 e. The fraction of sp³-hybridized carbons (Fsp3) is 0.0800. The van der Waals surface area contributed by atoms with Gasteiger partial charge in [-0.05, 0) is 72.4 Å². The van der Waals surface area contributed by atoms with E-state index >= 15 is 0 Å². The Morgan fingerprint density at radius 3 is 2.41 bits per heavy atom. The number of amides is 2. The van der Waals surface area contributed by atoms with Crippen LogP contribution in [0.25, 0.3) is 6.08 Å². The van der Waals surface area contributed by atoms with Gasteiger partial charge in [0.15, 0.2) is 11.8 Å². The number of carbonyl (C=O) groups is 2. The number of sulfonamides is 1. The number of amidine groups is 1. The number of thioether (sulfide) groups is 1. The van der Waals surface area contributed by atoms with Crippen LogP contribution in [0.1, 0.15) is 5.56 Å². The summed E-state index contributed by atoms with van der Waals surface area (Å²) < 4.78 is 33.5. The van der Waals surface area contributed by atoms with E-state index in [1.807, 2.05) is 0 Å². The molecule has 3 aromatic rings. The van der Waals surface area contributed by atoms with E-state index < -0.39 is 15.9 Å². The number of carbonyl (C=O) groups excluding carboxylic acids is 2. The Kier molecular flexibility index (Phi) is 7.62. The van der Waals surface area contributed by atoms with Crippen molar-refractivity contribution in [2.45, 2.75) is 4.90 Å². The summed E-state index contributed by atoms with van der Waals surface area (Å²) in [4.78, 5) is 27.0. The number of rotatable bonds is 8. The molecule has 12 heteroatoms. The highest BCUT2D eigenvalue weighted by atomic mass is 32.2. The number of benzene rings is 3. The van der Waals surface area contributed by atoms with Crippen LogP contribution in [0, 0.1) is 5.41 Å². The lowest BCUT2D eigenvalue weighted by Crippen LogP contribution is -2.28. The lowest BCUT2D eigenvalue weighted by atomic mass is 10.2. The number of hydrogen-bond donors (Lipinski definition) is 3. The van der Waals surface area contributed by atoms with Crippen molar-refractivity contribution in [3.63, 3.8) is 0 Å². The number of nitrogens with zero attached hydrogens (tertiary/aromatic N) is 1. The largest absolute Gasteiger partial charge is 0.497 e. The van der Waals surface area contributed by atoms with Crippen molar-refractivity contribution in [2.75, 3.05) is 23.9 Å². The van der Waals surface area contributed by atoms with Gasteiger partial charge in [-0.3, -0.25) is 19.9 Å². The Hall–Kier alpha value is -4.13. The number of primary sulfonamides is 1. The molecule has 4 rings (SSSR count). The third-order valence-electron chi connectivity index (χ3n) is 5.19. The molecule has 190 valence electrons. The van der Waals surface area contributed by atoms with Gasteiger partial charge in [0, 0.05) is 11.3 Å². The molecule has 0 atom stereocenters. The SMILES string of the molecule is COc1ccc(N2C(=N)S/C(=C\c3ccccc3OCC(=O)Nc3ccc(S(N)(=O)=O)cc3)C2=O)cc1. The summed E-state index contributed by atoms with van der Waals surface area (Å²) in [7, 11) is -2.28. The normalized spacial score (nSPS) is 14.6. The summed E-state index contributed by atoms with van der Waals surface area (Å²) in [5, 5.41) is 16.0. The van der Waals surface area contributed by atoms with Gasteiger partial charge in [-0.1, -0.05) is 18.2 Å². The van der Waals surface area contributed by atoms with Crippen LogP contribution in [0.4, 0.5) is 11.4 Å². The topological polar surface area (TPSA) is 152 Å². The molecule has 2 amide bonds. The van der Waals surface area contributed by atoms with Crippen molar-refractivity contribution in [2.24, 2.45) is 5.14 Å². The Bertz CT molecular complexity index is 1490. The highest BCUT2D eigenvalue weighted by Crippen LogP contribution is 2.36.